The van der Waals surface area contributed by atoms with Crippen molar-refractivity contribution in [3.05, 3.63) is 136 Å². The summed E-state index contributed by atoms with van der Waals surface area (Å²) in [6.07, 6.45) is 6.09. The van der Waals surface area contributed by atoms with E-state index in [9.17, 15) is 14.4 Å². The number of nitrogens with zero attached hydrogens (tertiary/aromatic N) is 2. The van der Waals surface area contributed by atoms with Crippen LogP contribution in [-0.4, -0.2) is 35.1 Å². The molecule has 0 saturated heterocycles. The van der Waals surface area contributed by atoms with Crippen molar-refractivity contribution >= 4 is 35.2 Å². The molecule has 0 bridgehead atoms. The van der Waals surface area contributed by atoms with Gasteiger partial charge in [0.1, 0.15) is 5.60 Å². The number of esters is 1. The summed E-state index contributed by atoms with van der Waals surface area (Å²) in [6, 6.07) is 28.3. The molecule has 6 rings (SSSR count). The average Bonchev–Trinajstić information content (AvgIpc) is 3.63. The molecular formula is C46H56N2O5. The smallest absolute Gasteiger partial charge is 0.313 e. The molecule has 1 atom stereocenters. The second-order valence-electron chi connectivity index (χ2n) is 14.8. The van der Waals surface area contributed by atoms with Crippen LogP contribution in [0.3, 0.4) is 0 Å². The van der Waals surface area contributed by atoms with Gasteiger partial charge in [0.25, 0.3) is 11.8 Å². The van der Waals surface area contributed by atoms with E-state index in [1.807, 2.05) is 94.1 Å². The van der Waals surface area contributed by atoms with Crippen LogP contribution in [0.4, 0.5) is 11.4 Å². The summed E-state index contributed by atoms with van der Waals surface area (Å²) in [4.78, 5) is 41.5. The van der Waals surface area contributed by atoms with Gasteiger partial charge in [0.15, 0.2) is 0 Å². The highest BCUT2D eigenvalue weighted by Gasteiger charge is 2.30. The van der Waals surface area contributed by atoms with Crippen LogP contribution in [0.1, 0.15) is 135 Å². The van der Waals surface area contributed by atoms with Crippen molar-refractivity contribution in [2.24, 2.45) is 0 Å². The Bertz CT molecular complexity index is 1900. The van der Waals surface area contributed by atoms with Crippen molar-refractivity contribution < 1.29 is 24.2 Å². The highest BCUT2D eigenvalue weighted by Crippen LogP contribution is 2.32. The fourth-order valence-electron chi connectivity index (χ4n) is 6.33. The van der Waals surface area contributed by atoms with Gasteiger partial charge in [-0.1, -0.05) is 87.9 Å². The van der Waals surface area contributed by atoms with Gasteiger partial charge in [-0.25, -0.2) is 0 Å². The van der Waals surface area contributed by atoms with E-state index < -0.39 is 5.60 Å². The molecule has 2 amide bonds. The normalized spacial score (nSPS) is 14.0. The van der Waals surface area contributed by atoms with Gasteiger partial charge in [-0.15, -0.1) is 0 Å². The monoisotopic (exact) mass is 716 g/mol. The summed E-state index contributed by atoms with van der Waals surface area (Å²) in [7, 11) is 0. The number of carbonyl (C=O) groups is 3. The number of carbonyl (C=O) groups excluding carboxylic acids is 3. The first kappa shape index (κ1) is 40.8. The van der Waals surface area contributed by atoms with Crippen LogP contribution in [0.5, 0.6) is 0 Å². The van der Waals surface area contributed by atoms with Crippen LogP contribution in [0.2, 0.25) is 0 Å². The van der Waals surface area contributed by atoms with Crippen molar-refractivity contribution in [3.63, 3.8) is 0 Å². The van der Waals surface area contributed by atoms with E-state index in [2.05, 4.69) is 63.2 Å². The number of ether oxygens (including phenoxy) is 1. The van der Waals surface area contributed by atoms with Crippen LogP contribution >= 0.6 is 0 Å². The minimum Gasteiger partial charge on any atom is -0.460 e. The zero-order valence-corrected chi connectivity index (χ0v) is 32.9. The average molecular weight is 717 g/mol. The van der Waals surface area contributed by atoms with Crippen molar-refractivity contribution in [1.82, 2.24) is 0 Å². The molecule has 1 N–H and O–H groups in total. The summed E-state index contributed by atoms with van der Waals surface area (Å²) < 4.78 is 5.47. The maximum atomic E-state index is 12.9. The van der Waals surface area contributed by atoms with Crippen molar-refractivity contribution in [2.45, 2.75) is 106 Å². The van der Waals surface area contributed by atoms with Crippen LogP contribution < -0.4 is 9.80 Å². The number of aliphatic hydroxyl groups is 1. The number of benzene rings is 4. The Hall–Kier alpha value is -5.01. The molecule has 2 heterocycles. The van der Waals surface area contributed by atoms with Gasteiger partial charge in [0.2, 0.25) is 0 Å². The second kappa shape index (κ2) is 18.2. The van der Waals surface area contributed by atoms with E-state index >= 15 is 0 Å². The predicted octanol–water partition coefficient (Wildman–Crippen LogP) is 10.2. The summed E-state index contributed by atoms with van der Waals surface area (Å²) in [5.74, 6) is 0.0428. The topological polar surface area (TPSA) is 87.2 Å². The van der Waals surface area contributed by atoms with Crippen molar-refractivity contribution in [3.8, 4) is 0 Å². The van der Waals surface area contributed by atoms with Crippen molar-refractivity contribution in [1.29, 1.82) is 0 Å². The van der Waals surface area contributed by atoms with Gasteiger partial charge in [0.05, 0.1) is 19.0 Å². The largest absolute Gasteiger partial charge is 0.460 e. The van der Waals surface area contributed by atoms with Gasteiger partial charge >= 0.3 is 5.97 Å². The zero-order valence-electron chi connectivity index (χ0n) is 32.9. The molecule has 7 heteroatoms. The Kier molecular flexibility index (Phi) is 14.0. The molecule has 0 fully saturated rings. The third kappa shape index (κ3) is 10.3. The number of anilines is 2. The molecule has 4 aromatic rings. The van der Waals surface area contributed by atoms with E-state index in [0.717, 1.165) is 57.6 Å². The number of rotatable bonds is 8. The number of hydrogen-bond acceptors (Lipinski definition) is 5. The maximum Gasteiger partial charge on any atom is 0.313 e. The summed E-state index contributed by atoms with van der Waals surface area (Å²) >= 11 is 0. The van der Waals surface area contributed by atoms with Crippen LogP contribution in [0, 0.1) is 0 Å². The Morgan fingerprint density at radius 3 is 1.74 bits per heavy atom. The standard InChI is InChI=1S/C24H27NO3.C20H23NO.C2H6O/c1-6-7-17-8-9-19-15-25(22(26)21(19)14-17)20-12-10-18(11-13-20)16(2)23(27)28-24(3,4)5;1-4-5-15-6-7-17-13-21(20(22)19(17)12-15)18-10-8-16(9-11-18)14(2)3;1-2-3/h6-14,16H,15H2,1-5H3;6-12,14H,4-5,13H2,1-3H3;3H,2H2,1H3. The lowest BCUT2D eigenvalue weighted by atomic mass is 10.0. The molecule has 2 aliphatic rings. The van der Waals surface area contributed by atoms with E-state index in [1.165, 1.54) is 11.1 Å². The van der Waals surface area contributed by atoms with Crippen LogP contribution in [0.25, 0.3) is 6.08 Å². The fourth-order valence-corrected chi connectivity index (χ4v) is 6.33. The molecular weight excluding hydrogens is 661 g/mol. The summed E-state index contributed by atoms with van der Waals surface area (Å²) in [5.41, 5.74) is 9.56. The van der Waals surface area contributed by atoms with E-state index in [1.54, 1.807) is 11.8 Å². The Labute approximate surface area is 316 Å². The van der Waals surface area contributed by atoms with E-state index in [-0.39, 0.29) is 30.3 Å². The van der Waals surface area contributed by atoms with Crippen LogP contribution in [0.15, 0.2) is 91.0 Å². The van der Waals surface area contributed by atoms with E-state index in [4.69, 9.17) is 9.84 Å². The Morgan fingerprint density at radius 2 is 1.26 bits per heavy atom. The molecule has 0 saturated carbocycles. The number of fused-ring (bicyclic) bond motifs is 2. The quantitative estimate of drug-likeness (QED) is 0.184. The SMILES string of the molecule is CC=Cc1ccc2c(c1)C(=O)N(c1ccc(C(C)C(=O)OC(C)(C)C)cc1)C2.CCCc1ccc2c(c1)C(=O)N(c1ccc(C(C)C)cc1)C2.CCO. The molecule has 0 spiro atoms. The number of hydrogen-bond donors (Lipinski definition) is 1. The molecule has 7 nitrogen and oxygen atoms in total. The Balaban J connectivity index is 0.000000226. The number of amides is 2. The fraction of sp³-hybridized carbons (Fsp3) is 0.370. The Morgan fingerprint density at radius 1 is 0.774 bits per heavy atom. The van der Waals surface area contributed by atoms with Crippen LogP contribution in [-0.2, 0) is 29.0 Å². The minimum atomic E-state index is -0.509. The highest BCUT2D eigenvalue weighted by atomic mass is 16.6. The van der Waals surface area contributed by atoms with Gasteiger partial charge in [-0.2, -0.15) is 0 Å². The molecule has 0 radical (unpaired) electrons. The maximum absolute atomic E-state index is 12.9. The highest BCUT2D eigenvalue weighted by molar-refractivity contribution is 6.11. The first-order valence-corrected chi connectivity index (χ1v) is 18.8. The summed E-state index contributed by atoms with van der Waals surface area (Å²) in [5, 5.41) is 7.57. The molecule has 280 valence electrons. The number of aliphatic hydroxyl groups excluding tert-OH is 1. The molecule has 2 aliphatic heterocycles. The van der Waals surface area contributed by atoms with E-state index in [0.29, 0.717) is 19.0 Å². The predicted molar refractivity (Wildman–Crippen MR) is 217 cm³/mol. The minimum absolute atomic E-state index is 0.00861. The molecule has 0 aromatic heterocycles. The molecule has 1 unspecified atom stereocenters. The first-order chi connectivity index (χ1) is 25.2. The lowest BCUT2D eigenvalue weighted by molar-refractivity contribution is -0.156. The van der Waals surface area contributed by atoms with Gasteiger partial charge in [0, 0.05) is 29.1 Å². The lowest BCUT2D eigenvalue weighted by Gasteiger charge is -2.23. The zero-order chi connectivity index (χ0) is 38.9. The van der Waals surface area contributed by atoms with Gasteiger partial charge in [-0.05, 0) is 124 Å². The number of aryl methyl sites for hydroxylation is 1. The van der Waals surface area contributed by atoms with Crippen molar-refractivity contribution in [2.75, 3.05) is 16.4 Å². The lowest BCUT2D eigenvalue weighted by Crippen LogP contribution is -2.27. The number of allylic oxidation sites excluding steroid dienone is 1. The molecule has 53 heavy (non-hydrogen) atoms. The first-order valence-electron chi connectivity index (χ1n) is 18.8. The molecule has 4 aromatic carbocycles. The van der Waals surface area contributed by atoms with Gasteiger partial charge < -0.3 is 19.6 Å². The summed E-state index contributed by atoms with van der Waals surface area (Å²) in [6.45, 7) is 19.1. The van der Waals surface area contributed by atoms with Gasteiger partial charge in [-0.3, -0.25) is 14.4 Å². The second-order valence-corrected chi connectivity index (χ2v) is 14.8. The molecule has 0 aliphatic carbocycles. The third-order valence-corrected chi connectivity index (χ3v) is 9.15. The third-order valence-electron chi connectivity index (χ3n) is 9.15.